The Hall–Kier alpha value is -1.33. The predicted octanol–water partition coefficient (Wildman–Crippen LogP) is 3.69. The van der Waals surface area contributed by atoms with Crippen molar-refractivity contribution < 1.29 is 17.9 Å². The van der Waals surface area contributed by atoms with Gasteiger partial charge in [0.05, 0.1) is 6.61 Å². The minimum absolute atomic E-state index is 0.125. The van der Waals surface area contributed by atoms with Crippen LogP contribution in [0.4, 0.5) is 13.2 Å². The van der Waals surface area contributed by atoms with Gasteiger partial charge >= 0.3 is 6.18 Å². The Balaban J connectivity index is 2.67. The van der Waals surface area contributed by atoms with Gasteiger partial charge in [0.15, 0.2) is 5.60 Å². The van der Waals surface area contributed by atoms with E-state index in [9.17, 15) is 13.2 Å². The fourth-order valence-corrected chi connectivity index (χ4v) is 1.88. The lowest BCUT2D eigenvalue weighted by molar-refractivity contribution is -0.274. The Morgan fingerprint density at radius 2 is 1.90 bits per heavy atom. The minimum Gasteiger partial charge on any atom is -0.360 e. The molecule has 0 aliphatic carbocycles. The van der Waals surface area contributed by atoms with E-state index < -0.39 is 11.8 Å². The molecule has 0 amide bonds. The van der Waals surface area contributed by atoms with Gasteiger partial charge in [-0.15, -0.1) is 6.58 Å². The molecule has 0 saturated carbocycles. The number of nitrogens with one attached hydrogen (secondary N) is 1. The summed E-state index contributed by atoms with van der Waals surface area (Å²) in [5.74, 6) is 0. The monoisotopic (exact) mass is 287 g/mol. The third kappa shape index (κ3) is 4.35. The minimum atomic E-state index is -4.42. The predicted molar refractivity (Wildman–Crippen MR) is 73.4 cm³/mol. The van der Waals surface area contributed by atoms with Crippen LogP contribution in [0.15, 0.2) is 43.0 Å². The van der Waals surface area contributed by atoms with E-state index in [4.69, 9.17) is 4.74 Å². The van der Waals surface area contributed by atoms with E-state index in [-0.39, 0.29) is 19.6 Å². The van der Waals surface area contributed by atoms with E-state index in [1.54, 1.807) is 0 Å². The molecule has 0 fully saturated rings. The highest BCUT2D eigenvalue weighted by Crippen LogP contribution is 2.36. The lowest BCUT2D eigenvalue weighted by atomic mass is 9.99. The number of alkyl halides is 3. The molecule has 0 radical (unpaired) electrons. The van der Waals surface area contributed by atoms with Gasteiger partial charge in [-0.3, -0.25) is 0 Å². The lowest BCUT2D eigenvalue weighted by Gasteiger charge is -2.34. The first-order chi connectivity index (χ1) is 9.45. The molecule has 0 heterocycles. The zero-order chi connectivity index (χ0) is 15.1. The van der Waals surface area contributed by atoms with E-state index in [0.717, 1.165) is 5.56 Å². The van der Waals surface area contributed by atoms with Gasteiger partial charge in [0, 0.05) is 13.1 Å². The van der Waals surface area contributed by atoms with Gasteiger partial charge in [0.1, 0.15) is 0 Å². The molecular formula is C15H20F3NO. The van der Waals surface area contributed by atoms with E-state index >= 15 is 0 Å². The number of halogens is 3. The Morgan fingerprint density at radius 1 is 1.25 bits per heavy atom. The van der Waals surface area contributed by atoms with Crippen molar-refractivity contribution >= 4 is 0 Å². The van der Waals surface area contributed by atoms with Crippen LogP contribution in [0.3, 0.4) is 0 Å². The zero-order valence-electron chi connectivity index (χ0n) is 11.5. The first-order valence-corrected chi connectivity index (χ1v) is 6.51. The first-order valence-electron chi connectivity index (χ1n) is 6.51. The van der Waals surface area contributed by atoms with Crippen LogP contribution in [-0.2, 0) is 11.3 Å². The number of ether oxygens (including phenoxy) is 1. The van der Waals surface area contributed by atoms with Crippen molar-refractivity contribution in [2.45, 2.75) is 31.7 Å². The summed E-state index contributed by atoms with van der Waals surface area (Å²) in [6.07, 6.45) is -3.24. The Morgan fingerprint density at radius 3 is 2.40 bits per heavy atom. The molecule has 1 rings (SSSR count). The largest absolute Gasteiger partial charge is 0.418 e. The average Bonchev–Trinajstić information content (AvgIpc) is 2.42. The third-order valence-electron chi connectivity index (χ3n) is 3.15. The molecule has 0 aromatic heterocycles. The smallest absolute Gasteiger partial charge is 0.360 e. The van der Waals surface area contributed by atoms with Crippen molar-refractivity contribution in [1.82, 2.24) is 5.32 Å². The number of rotatable bonds is 8. The van der Waals surface area contributed by atoms with Crippen molar-refractivity contribution in [3.8, 4) is 0 Å². The van der Waals surface area contributed by atoms with Crippen LogP contribution >= 0.6 is 0 Å². The molecular weight excluding hydrogens is 267 g/mol. The molecule has 1 aromatic carbocycles. The summed E-state index contributed by atoms with van der Waals surface area (Å²) in [7, 11) is 0. The van der Waals surface area contributed by atoms with Crippen LogP contribution in [0, 0.1) is 0 Å². The van der Waals surface area contributed by atoms with E-state index in [1.807, 2.05) is 30.3 Å². The number of benzene rings is 1. The van der Waals surface area contributed by atoms with Crippen LogP contribution in [0.1, 0.15) is 18.9 Å². The molecule has 5 heteroatoms. The molecule has 112 valence electrons. The SMILES string of the molecule is C=CCO[C@](CC)(CNCc1ccccc1)C(F)(F)F. The maximum atomic E-state index is 13.2. The molecule has 2 nitrogen and oxygen atoms in total. The summed E-state index contributed by atoms with van der Waals surface area (Å²) in [6.45, 7) is 4.83. The van der Waals surface area contributed by atoms with E-state index in [2.05, 4.69) is 11.9 Å². The molecule has 1 N–H and O–H groups in total. The van der Waals surface area contributed by atoms with Crippen LogP contribution in [0.25, 0.3) is 0 Å². The maximum absolute atomic E-state index is 13.2. The average molecular weight is 287 g/mol. The summed E-state index contributed by atoms with van der Waals surface area (Å²) >= 11 is 0. The summed E-state index contributed by atoms with van der Waals surface area (Å²) in [5.41, 5.74) is -1.24. The quantitative estimate of drug-likeness (QED) is 0.736. The van der Waals surface area contributed by atoms with Gasteiger partial charge in [-0.2, -0.15) is 13.2 Å². The lowest BCUT2D eigenvalue weighted by Crippen LogP contribution is -2.54. The van der Waals surface area contributed by atoms with Gasteiger partial charge < -0.3 is 10.1 Å². The molecule has 1 atom stereocenters. The van der Waals surface area contributed by atoms with Crippen LogP contribution in [0.2, 0.25) is 0 Å². The Bertz CT molecular complexity index is 405. The highest BCUT2D eigenvalue weighted by molar-refractivity contribution is 5.14. The molecule has 0 bridgehead atoms. The molecule has 1 aromatic rings. The third-order valence-corrected chi connectivity index (χ3v) is 3.15. The van der Waals surface area contributed by atoms with Crippen molar-refractivity contribution in [2.24, 2.45) is 0 Å². The summed E-state index contributed by atoms with van der Waals surface area (Å²) in [4.78, 5) is 0. The second-order valence-corrected chi connectivity index (χ2v) is 4.53. The molecule has 20 heavy (non-hydrogen) atoms. The zero-order valence-corrected chi connectivity index (χ0v) is 11.5. The molecule has 0 saturated heterocycles. The van der Waals surface area contributed by atoms with Crippen LogP contribution in [0.5, 0.6) is 0 Å². The normalized spacial score (nSPS) is 14.8. The van der Waals surface area contributed by atoms with Gasteiger partial charge in [0.25, 0.3) is 0 Å². The van der Waals surface area contributed by atoms with Crippen LogP contribution < -0.4 is 5.32 Å². The number of hydrogen-bond donors (Lipinski definition) is 1. The van der Waals surface area contributed by atoms with E-state index in [0.29, 0.717) is 6.54 Å². The number of hydrogen-bond acceptors (Lipinski definition) is 2. The van der Waals surface area contributed by atoms with Crippen molar-refractivity contribution in [2.75, 3.05) is 13.2 Å². The second kappa shape index (κ2) is 7.45. The van der Waals surface area contributed by atoms with E-state index in [1.165, 1.54) is 13.0 Å². The maximum Gasteiger partial charge on any atom is 0.418 e. The molecule has 0 aliphatic heterocycles. The molecule has 0 unspecified atom stereocenters. The first kappa shape index (κ1) is 16.7. The molecule has 0 spiro atoms. The van der Waals surface area contributed by atoms with Gasteiger partial charge in [0.2, 0.25) is 0 Å². The van der Waals surface area contributed by atoms with Gasteiger partial charge in [-0.05, 0) is 12.0 Å². The highest BCUT2D eigenvalue weighted by Gasteiger charge is 2.54. The fraction of sp³-hybridized carbons (Fsp3) is 0.467. The summed E-state index contributed by atoms with van der Waals surface area (Å²) in [6, 6.07) is 9.28. The summed E-state index contributed by atoms with van der Waals surface area (Å²) < 4.78 is 44.7. The Labute approximate surface area is 117 Å². The Kier molecular flexibility index (Phi) is 6.23. The van der Waals surface area contributed by atoms with Crippen LogP contribution in [-0.4, -0.2) is 24.9 Å². The standard InChI is InChI=1S/C15H20F3NO/c1-3-10-20-14(4-2,15(16,17)18)12-19-11-13-8-6-5-7-9-13/h3,5-9,19H,1,4,10-12H2,2H3/t14-/m1/s1. The summed E-state index contributed by atoms with van der Waals surface area (Å²) in [5, 5.41) is 2.83. The highest BCUT2D eigenvalue weighted by atomic mass is 19.4. The topological polar surface area (TPSA) is 21.3 Å². The van der Waals surface area contributed by atoms with Crippen molar-refractivity contribution in [3.05, 3.63) is 48.6 Å². The second-order valence-electron chi connectivity index (χ2n) is 4.53. The molecule has 0 aliphatic rings. The van der Waals surface area contributed by atoms with Gasteiger partial charge in [-0.1, -0.05) is 43.3 Å². The fourth-order valence-electron chi connectivity index (χ4n) is 1.88. The van der Waals surface area contributed by atoms with Gasteiger partial charge in [-0.25, -0.2) is 0 Å². The van der Waals surface area contributed by atoms with Crippen molar-refractivity contribution in [1.29, 1.82) is 0 Å². The van der Waals surface area contributed by atoms with Crippen molar-refractivity contribution in [3.63, 3.8) is 0 Å².